The smallest absolute Gasteiger partial charge is 0.254 e. The van der Waals surface area contributed by atoms with Gasteiger partial charge < -0.3 is 15.2 Å². The molecule has 0 saturated carbocycles. The summed E-state index contributed by atoms with van der Waals surface area (Å²) in [6.45, 7) is 2.91. The van der Waals surface area contributed by atoms with Crippen molar-refractivity contribution in [2.24, 2.45) is 0 Å². The number of carbonyl (C=O) groups excluding carboxylic acids is 1. The standard InChI is InChI=1S/C14H14BrN3O2/c15-9-1-2-12-10(7-9)11(8-13(19)17-12)14(20)18-5-3-16-4-6-18/h1-2,7-8,16H,3-6H2,(H,17,19). The molecule has 1 saturated heterocycles. The molecule has 0 unspecified atom stereocenters. The fourth-order valence-corrected chi connectivity index (χ4v) is 2.80. The maximum atomic E-state index is 12.6. The maximum Gasteiger partial charge on any atom is 0.254 e. The second kappa shape index (κ2) is 5.38. The highest BCUT2D eigenvalue weighted by Crippen LogP contribution is 2.21. The molecule has 20 heavy (non-hydrogen) atoms. The molecule has 2 aromatic rings. The van der Waals surface area contributed by atoms with E-state index in [1.165, 1.54) is 6.07 Å². The summed E-state index contributed by atoms with van der Waals surface area (Å²) in [6.07, 6.45) is 0. The van der Waals surface area contributed by atoms with Gasteiger partial charge in [-0.2, -0.15) is 0 Å². The molecule has 2 N–H and O–H groups in total. The second-order valence-electron chi connectivity index (χ2n) is 4.78. The Morgan fingerprint density at radius 1 is 1.20 bits per heavy atom. The van der Waals surface area contributed by atoms with Crippen molar-refractivity contribution in [1.82, 2.24) is 15.2 Å². The average Bonchev–Trinajstić information content (AvgIpc) is 2.47. The SMILES string of the molecule is O=C(c1cc(=O)[nH]c2ccc(Br)cc12)N1CCNCC1. The number of fused-ring (bicyclic) bond motifs is 1. The number of H-pyrrole nitrogens is 1. The Balaban J connectivity index is 2.11. The predicted octanol–water partition coefficient (Wildman–Crippen LogP) is 1.34. The molecular weight excluding hydrogens is 322 g/mol. The third-order valence-corrected chi connectivity index (χ3v) is 3.93. The number of carbonyl (C=O) groups is 1. The lowest BCUT2D eigenvalue weighted by Crippen LogP contribution is -2.46. The number of rotatable bonds is 1. The summed E-state index contributed by atoms with van der Waals surface area (Å²) in [6, 6.07) is 6.90. The number of nitrogens with one attached hydrogen (secondary N) is 2. The minimum atomic E-state index is -0.252. The fraction of sp³-hybridized carbons (Fsp3) is 0.286. The van der Waals surface area contributed by atoms with Gasteiger partial charge in [0, 0.05) is 47.6 Å². The lowest BCUT2D eigenvalue weighted by atomic mass is 10.1. The Hall–Kier alpha value is -1.66. The fourth-order valence-electron chi connectivity index (χ4n) is 2.44. The molecule has 1 aromatic heterocycles. The quantitative estimate of drug-likeness (QED) is 0.826. The van der Waals surface area contributed by atoms with E-state index in [2.05, 4.69) is 26.2 Å². The van der Waals surface area contributed by atoms with Crippen LogP contribution in [-0.4, -0.2) is 42.0 Å². The molecule has 1 aliphatic rings. The van der Waals surface area contributed by atoms with Crippen molar-refractivity contribution >= 4 is 32.7 Å². The molecule has 0 atom stereocenters. The largest absolute Gasteiger partial charge is 0.336 e. The van der Waals surface area contributed by atoms with Gasteiger partial charge in [-0.1, -0.05) is 15.9 Å². The first kappa shape index (κ1) is 13.3. The summed E-state index contributed by atoms with van der Waals surface area (Å²) in [5.74, 6) is -0.0827. The summed E-state index contributed by atoms with van der Waals surface area (Å²) in [4.78, 5) is 28.9. The molecule has 0 radical (unpaired) electrons. The second-order valence-corrected chi connectivity index (χ2v) is 5.70. The van der Waals surface area contributed by atoms with E-state index in [0.717, 1.165) is 22.9 Å². The molecule has 0 bridgehead atoms. The van der Waals surface area contributed by atoms with Crippen LogP contribution in [0.3, 0.4) is 0 Å². The van der Waals surface area contributed by atoms with Gasteiger partial charge in [0.1, 0.15) is 0 Å². The number of hydrogen-bond donors (Lipinski definition) is 2. The first-order chi connectivity index (χ1) is 9.65. The Morgan fingerprint density at radius 2 is 1.95 bits per heavy atom. The van der Waals surface area contributed by atoms with Crippen LogP contribution in [0.5, 0.6) is 0 Å². The maximum absolute atomic E-state index is 12.6. The summed E-state index contributed by atoms with van der Waals surface area (Å²) in [5.41, 5.74) is 0.893. The Labute approximate surface area is 124 Å². The molecule has 1 fully saturated rings. The van der Waals surface area contributed by atoms with Crippen LogP contribution < -0.4 is 10.9 Å². The zero-order valence-electron chi connectivity index (χ0n) is 10.8. The molecule has 1 amide bonds. The van der Waals surface area contributed by atoms with Gasteiger partial charge in [0.05, 0.1) is 5.56 Å². The molecule has 0 aliphatic carbocycles. The molecule has 5 nitrogen and oxygen atoms in total. The number of pyridine rings is 1. The number of hydrogen-bond acceptors (Lipinski definition) is 3. The highest BCUT2D eigenvalue weighted by Gasteiger charge is 2.20. The number of aromatic amines is 1. The molecule has 1 aliphatic heterocycles. The van der Waals surface area contributed by atoms with Crippen LogP contribution in [-0.2, 0) is 0 Å². The summed E-state index contributed by atoms with van der Waals surface area (Å²) < 4.78 is 0.881. The van der Waals surface area contributed by atoms with Gasteiger partial charge in [-0.15, -0.1) is 0 Å². The lowest BCUT2D eigenvalue weighted by molar-refractivity contribution is 0.0737. The highest BCUT2D eigenvalue weighted by molar-refractivity contribution is 9.10. The Bertz CT molecular complexity index is 720. The van der Waals surface area contributed by atoms with Crippen molar-refractivity contribution in [3.05, 3.63) is 44.7 Å². The molecule has 104 valence electrons. The monoisotopic (exact) mass is 335 g/mol. The van der Waals surface area contributed by atoms with Crippen molar-refractivity contribution in [3.63, 3.8) is 0 Å². The van der Waals surface area contributed by atoms with E-state index >= 15 is 0 Å². The molecule has 2 heterocycles. The lowest BCUT2D eigenvalue weighted by Gasteiger charge is -2.27. The molecule has 3 rings (SSSR count). The summed E-state index contributed by atoms with van der Waals surface area (Å²) in [5, 5.41) is 3.98. The van der Waals surface area contributed by atoms with E-state index in [4.69, 9.17) is 0 Å². The van der Waals surface area contributed by atoms with E-state index in [1.54, 1.807) is 11.0 Å². The van der Waals surface area contributed by atoms with Crippen molar-refractivity contribution in [2.75, 3.05) is 26.2 Å². The number of benzene rings is 1. The van der Waals surface area contributed by atoms with Gasteiger partial charge in [0.2, 0.25) is 5.56 Å². The van der Waals surface area contributed by atoms with Gasteiger partial charge in [-0.05, 0) is 18.2 Å². The van der Waals surface area contributed by atoms with Crippen LogP contribution in [0.15, 0.2) is 33.5 Å². The number of nitrogens with zero attached hydrogens (tertiary/aromatic N) is 1. The summed E-state index contributed by atoms with van der Waals surface area (Å²) in [7, 11) is 0. The van der Waals surface area contributed by atoms with Crippen LogP contribution in [0.1, 0.15) is 10.4 Å². The van der Waals surface area contributed by atoms with Crippen molar-refractivity contribution in [3.8, 4) is 0 Å². The molecular formula is C14H14BrN3O2. The van der Waals surface area contributed by atoms with Crippen molar-refractivity contribution < 1.29 is 4.79 Å². The minimum absolute atomic E-state index is 0.0827. The zero-order valence-corrected chi connectivity index (χ0v) is 12.4. The van der Waals surface area contributed by atoms with Gasteiger partial charge >= 0.3 is 0 Å². The van der Waals surface area contributed by atoms with Crippen molar-refractivity contribution in [2.45, 2.75) is 0 Å². The minimum Gasteiger partial charge on any atom is -0.336 e. The van der Waals surface area contributed by atoms with Gasteiger partial charge in [-0.25, -0.2) is 0 Å². The van der Waals surface area contributed by atoms with Crippen molar-refractivity contribution in [1.29, 1.82) is 0 Å². The first-order valence-corrected chi connectivity index (χ1v) is 7.27. The van der Waals surface area contributed by atoms with E-state index in [1.807, 2.05) is 12.1 Å². The first-order valence-electron chi connectivity index (χ1n) is 6.48. The highest BCUT2D eigenvalue weighted by atomic mass is 79.9. The number of halogens is 1. The van der Waals surface area contributed by atoms with Crippen LogP contribution in [0.2, 0.25) is 0 Å². The predicted molar refractivity (Wildman–Crippen MR) is 81.0 cm³/mol. The molecule has 0 spiro atoms. The van der Waals surface area contributed by atoms with E-state index in [9.17, 15) is 9.59 Å². The third kappa shape index (κ3) is 2.48. The Morgan fingerprint density at radius 3 is 2.70 bits per heavy atom. The Kier molecular flexibility index (Phi) is 3.58. The van der Waals surface area contributed by atoms with Gasteiger partial charge in [0.25, 0.3) is 5.91 Å². The van der Waals surface area contributed by atoms with E-state index in [0.29, 0.717) is 24.2 Å². The zero-order chi connectivity index (χ0) is 14.1. The summed E-state index contributed by atoms with van der Waals surface area (Å²) >= 11 is 3.40. The van der Waals surface area contributed by atoms with Gasteiger partial charge in [0.15, 0.2) is 0 Å². The number of piperazine rings is 1. The third-order valence-electron chi connectivity index (χ3n) is 3.44. The number of aromatic nitrogens is 1. The average molecular weight is 336 g/mol. The van der Waals surface area contributed by atoms with Gasteiger partial charge in [-0.3, -0.25) is 9.59 Å². The van der Waals surface area contributed by atoms with Crippen LogP contribution in [0.25, 0.3) is 10.9 Å². The molecule has 6 heteroatoms. The van der Waals surface area contributed by atoms with Crippen LogP contribution >= 0.6 is 15.9 Å². The topological polar surface area (TPSA) is 65.2 Å². The molecule has 1 aromatic carbocycles. The van der Waals surface area contributed by atoms with E-state index in [-0.39, 0.29) is 11.5 Å². The van der Waals surface area contributed by atoms with Crippen LogP contribution in [0.4, 0.5) is 0 Å². The van der Waals surface area contributed by atoms with E-state index < -0.39 is 0 Å². The van der Waals surface area contributed by atoms with Crippen LogP contribution in [0, 0.1) is 0 Å². The normalized spacial score (nSPS) is 15.6. The number of amides is 1.